The van der Waals surface area contributed by atoms with Gasteiger partial charge < -0.3 is 4.57 Å². The van der Waals surface area contributed by atoms with Crippen molar-refractivity contribution in [2.24, 2.45) is 4.99 Å². The minimum atomic E-state index is -0.594. The number of nitro groups is 2. The van der Waals surface area contributed by atoms with Crippen molar-refractivity contribution in [1.82, 2.24) is 4.57 Å². The van der Waals surface area contributed by atoms with Crippen molar-refractivity contribution in [3.05, 3.63) is 79.1 Å². The van der Waals surface area contributed by atoms with E-state index < -0.39 is 15.8 Å². The second-order valence-electron chi connectivity index (χ2n) is 5.72. The molecule has 0 spiro atoms. The maximum absolute atomic E-state index is 12.3. The van der Waals surface area contributed by atoms with Gasteiger partial charge in [0.15, 0.2) is 4.80 Å². The number of hydrogen-bond donors (Lipinski definition) is 0. The molecule has 0 N–H and O–H groups in total. The summed E-state index contributed by atoms with van der Waals surface area (Å²) in [5, 5.41) is 21.8. The van der Waals surface area contributed by atoms with Crippen molar-refractivity contribution in [1.29, 1.82) is 0 Å². The zero-order valence-corrected chi connectivity index (χ0v) is 15.5. The van der Waals surface area contributed by atoms with E-state index in [1.165, 1.54) is 53.8 Å². The molecule has 1 aromatic heterocycles. The minimum Gasteiger partial charge on any atom is -0.304 e. The Morgan fingerprint density at radius 3 is 2.59 bits per heavy atom. The van der Waals surface area contributed by atoms with Crippen molar-refractivity contribution in [2.75, 3.05) is 0 Å². The van der Waals surface area contributed by atoms with Crippen LogP contribution in [0.15, 0.2) is 53.5 Å². The van der Waals surface area contributed by atoms with E-state index in [1.807, 2.05) is 0 Å². The number of terminal acetylenes is 1. The lowest BCUT2D eigenvalue weighted by Crippen LogP contribution is -2.15. The Morgan fingerprint density at radius 2 is 1.90 bits per heavy atom. The number of carbonyl (C=O) groups is 1. The van der Waals surface area contributed by atoms with Gasteiger partial charge in [0.05, 0.1) is 26.6 Å². The molecule has 0 saturated heterocycles. The SMILES string of the molecule is C#CCn1c(=NC(=O)/C=C/c2cccc([N+](=O)[O-])c2)sc2ccc([N+](=O)[O-])cc21. The summed E-state index contributed by atoms with van der Waals surface area (Å²) >= 11 is 1.17. The molecule has 3 aromatic rings. The Labute approximate surface area is 167 Å². The van der Waals surface area contributed by atoms with Crippen LogP contribution in [0.4, 0.5) is 11.4 Å². The van der Waals surface area contributed by atoms with Crippen molar-refractivity contribution in [2.45, 2.75) is 6.54 Å². The highest BCUT2D eigenvalue weighted by Crippen LogP contribution is 2.23. The molecule has 3 rings (SSSR count). The van der Waals surface area contributed by atoms with Crippen molar-refractivity contribution in [3.63, 3.8) is 0 Å². The monoisotopic (exact) mass is 408 g/mol. The first-order chi connectivity index (χ1) is 13.9. The van der Waals surface area contributed by atoms with Gasteiger partial charge in [0.25, 0.3) is 17.3 Å². The van der Waals surface area contributed by atoms with E-state index in [1.54, 1.807) is 16.7 Å². The fourth-order valence-electron chi connectivity index (χ4n) is 2.54. The van der Waals surface area contributed by atoms with E-state index in [9.17, 15) is 25.0 Å². The molecule has 1 heterocycles. The van der Waals surface area contributed by atoms with Gasteiger partial charge in [0.2, 0.25) is 0 Å². The molecular weight excluding hydrogens is 396 g/mol. The fraction of sp³-hybridized carbons (Fsp3) is 0.0526. The highest BCUT2D eigenvalue weighted by atomic mass is 32.1. The van der Waals surface area contributed by atoms with Gasteiger partial charge in [-0.25, -0.2) is 0 Å². The van der Waals surface area contributed by atoms with Gasteiger partial charge in [-0.3, -0.25) is 25.0 Å². The Kier molecular flexibility index (Phi) is 5.61. The third-order valence-corrected chi connectivity index (χ3v) is 4.89. The van der Waals surface area contributed by atoms with Crippen LogP contribution in [0.1, 0.15) is 5.56 Å². The van der Waals surface area contributed by atoms with Crippen LogP contribution in [0.3, 0.4) is 0 Å². The van der Waals surface area contributed by atoms with E-state index >= 15 is 0 Å². The minimum absolute atomic E-state index is 0.0852. The molecule has 0 fully saturated rings. The van der Waals surface area contributed by atoms with Gasteiger partial charge in [0, 0.05) is 30.3 Å². The second kappa shape index (κ2) is 8.28. The van der Waals surface area contributed by atoms with E-state index in [4.69, 9.17) is 6.42 Å². The molecular formula is C19H12N4O5S. The zero-order chi connectivity index (χ0) is 21.0. The Morgan fingerprint density at radius 1 is 1.17 bits per heavy atom. The van der Waals surface area contributed by atoms with Crippen LogP contribution >= 0.6 is 11.3 Å². The van der Waals surface area contributed by atoms with Gasteiger partial charge in [-0.2, -0.15) is 4.99 Å². The molecule has 1 amide bonds. The molecule has 10 heteroatoms. The average Bonchev–Trinajstić information content (AvgIpc) is 3.03. The first kappa shape index (κ1) is 19.7. The van der Waals surface area contributed by atoms with Crippen LogP contribution in [0, 0.1) is 32.6 Å². The fourth-order valence-corrected chi connectivity index (χ4v) is 3.56. The normalized spacial score (nSPS) is 11.6. The number of fused-ring (bicyclic) bond motifs is 1. The lowest BCUT2D eigenvalue weighted by molar-refractivity contribution is -0.385. The van der Waals surface area contributed by atoms with Crippen LogP contribution in [0.25, 0.3) is 16.3 Å². The molecule has 0 aliphatic heterocycles. The highest BCUT2D eigenvalue weighted by Gasteiger charge is 2.12. The summed E-state index contributed by atoms with van der Waals surface area (Å²) in [5.74, 6) is 1.85. The van der Waals surface area contributed by atoms with E-state index in [-0.39, 0.29) is 17.9 Å². The average molecular weight is 408 g/mol. The van der Waals surface area contributed by atoms with Crippen LogP contribution in [-0.4, -0.2) is 20.3 Å². The van der Waals surface area contributed by atoms with Gasteiger partial charge in [-0.05, 0) is 17.7 Å². The summed E-state index contributed by atoms with van der Waals surface area (Å²) in [6, 6.07) is 10.1. The number of nitrogens with zero attached hydrogens (tertiary/aromatic N) is 4. The Hall–Kier alpha value is -4.10. The molecule has 2 aromatic carbocycles. The second-order valence-corrected chi connectivity index (χ2v) is 6.73. The number of nitro benzene ring substituents is 2. The summed E-state index contributed by atoms with van der Waals surface area (Å²) in [6.45, 7) is 0.0852. The predicted octanol–water partition coefficient (Wildman–Crippen LogP) is 3.29. The van der Waals surface area contributed by atoms with Crippen LogP contribution < -0.4 is 4.80 Å². The summed E-state index contributed by atoms with van der Waals surface area (Å²) in [7, 11) is 0. The predicted molar refractivity (Wildman–Crippen MR) is 108 cm³/mol. The van der Waals surface area contributed by atoms with E-state index in [2.05, 4.69) is 10.9 Å². The maximum Gasteiger partial charge on any atom is 0.272 e. The molecule has 0 unspecified atom stereocenters. The van der Waals surface area contributed by atoms with Crippen LogP contribution in [0.2, 0.25) is 0 Å². The molecule has 0 bridgehead atoms. The van der Waals surface area contributed by atoms with Crippen molar-refractivity contribution in [3.8, 4) is 12.3 Å². The Bertz CT molecular complexity index is 1280. The third kappa shape index (κ3) is 4.42. The standard InChI is InChI=1S/C19H12N4O5S/c1-2-10-21-16-12-15(23(27)28)7-8-17(16)29-19(21)20-18(24)9-6-13-4-3-5-14(11-13)22(25)26/h1,3-9,11-12H,10H2/b9-6+,20-19?. The molecule has 0 radical (unpaired) electrons. The largest absolute Gasteiger partial charge is 0.304 e. The lowest BCUT2D eigenvalue weighted by atomic mass is 10.2. The summed E-state index contributed by atoms with van der Waals surface area (Å²) < 4.78 is 2.24. The first-order valence-corrected chi connectivity index (χ1v) is 8.93. The molecule has 29 heavy (non-hydrogen) atoms. The number of amides is 1. The van der Waals surface area contributed by atoms with Crippen molar-refractivity contribution >= 4 is 44.9 Å². The quantitative estimate of drug-likeness (QED) is 0.278. The van der Waals surface area contributed by atoms with E-state index in [0.29, 0.717) is 20.6 Å². The molecule has 144 valence electrons. The topological polar surface area (TPSA) is 121 Å². The summed E-state index contributed by atoms with van der Waals surface area (Å²) in [5.41, 5.74) is 0.807. The number of non-ortho nitro benzene ring substituents is 2. The summed E-state index contributed by atoms with van der Waals surface area (Å²) in [6.07, 6.45) is 7.99. The van der Waals surface area contributed by atoms with Crippen molar-refractivity contribution < 1.29 is 14.6 Å². The first-order valence-electron chi connectivity index (χ1n) is 8.11. The number of benzene rings is 2. The van der Waals surface area contributed by atoms with Crippen LogP contribution in [-0.2, 0) is 11.3 Å². The molecule has 0 atom stereocenters. The molecule has 0 aliphatic rings. The van der Waals surface area contributed by atoms with E-state index in [0.717, 1.165) is 0 Å². The molecule has 0 saturated carbocycles. The number of aromatic nitrogens is 1. The maximum atomic E-state index is 12.3. The number of hydrogen-bond acceptors (Lipinski definition) is 6. The number of carbonyl (C=O) groups excluding carboxylic acids is 1. The van der Waals surface area contributed by atoms with Gasteiger partial charge in [0.1, 0.15) is 0 Å². The molecule has 0 aliphatic carbocycles. The highest BCUT2D eigenvalue weighted by molar-refractivity contribution is 7.16. The third-order valence-electron chi connectivity index (χ3n) is 3.83. The summed E-state index contributed by atoms with van der Waals surface area (Å²) in [4.78, 5) is 37.4. The number of rotatable bonds is 5. The zero-order valence-electron chi connectivity index (χ0n) is 14.7. The smallest absolute Gasteiger partial charge is 0.272 e. The molecule has 9 nitrogen and oxygen atoms in total. The van der Waals surface area contributed by atoms with Crippen LogP contribution in [0.5, 0.6) is 0 Å². The van der Waals surface area contributed by atoms with Gasteiger partial charge >= 0.3 is 0 Å². The Balaban J connectivity index is 1.98. The van der Waals surface area contributed by atoms with Gasteiger partial charge in [-0.15, -0.1) is 6.42 Å². The van der Waals surface area contributed by atoms with Gasteiger partial charge in [-0.1, -0.05) is 29.4 Å². The lowest BCUT2D eigenvalue weighted by Gasteiger charge is -1.99. The number of thiazole rings is 1.